The van der Waals surface area contributed by atoms with Gasteiger partial charge in [0.2, 0.25) is 0 Å². The van der Waals surface area contributed by atoms with Crippen LogP contribution in [0.2, 0.25) is 0 Å². The number of hydrogen-bond donors (Lipinski definition) is 3. The quantitative estimate of drug-likeness (QED) is 0.597. The minimum atomic E-state index is -1.03. The molecule has 0 spiro atoms. The molecular weight excluding hydrogens is 238 g/mol. The lowest BCUT2D eigenvalue weighted by Crippen LogP contribution is -2.30. The average molecular weight is 251 g/mol. The fourth-order valence-electron chi connectivity index (χ4n) is 2.11. The molecule has 0 unspecified atom stereocenters. The Morgan fingerprint density at radius 2 is 2.06 bits per heavy atom. The summed E-state index contributed by atoms with van der Waals surface area (Å²) in [6.07, 6.45) is -0.373. The van der Waals surface area contributed by atoms with Gasteiger partial charge in [-0.05, 0) is 6.92 Å². The highest BCUT2D eigenvalue weighted by molar-refractivity contribution is 5.81. The largest absolute Gasteiger partial charge is 0.388 e. The van der Waals surface area contributed by atoms with Crippen molar-refractivity contribution < 1.29 is 14.9 Å². The van der Waals surface area contributed by atoms with E-state index in [1.165, 1.54) is 12.7 Å². The minimum absolute atomic E-state index is 0.264. The van der Waals surface area contributed by atoms with E-state index in [4.69, 9.17) is 10.5 Å². The van der Waals surface area contributed by atoms with Crippen molar-refractivity contribution in [3.8, 4) is 0 Å². The van der Waals surface area contributed by atoms with Gasteiger partial charge in [-0.2, -0.15) is 0 Å². The standard InChI is InChI=1S/C10H13N5O3/c1-4-6(16)7(17)10(18-4)15-3-14-5-8(11)12-2-13-9(5)15/h2-4,6-7,10,16-17H,1H3,(H2,11,12,13)/t4-,6-,7+,10-/m1/s1. The molecule has 1 aliphatic rings. The molecule has 1 saturated heterocycles. The molecule has 0 bridgehead atoms. The van der Waals surface area contributed by atoms with E-state index in [0.29, 0.717) is 11.2 Å². The first-order valence-corrected chi connectivity index (χ1v) is 5.54. The summed E-state index contributed by atoms with van der Waals surface area (Å²) < 4.78 is 7.05. The summed E-state index contributed by atoms with van der Waals surface area (Å²) in [7, 11) is 0. The van der Waals surface area contributed by atoms with Crippen molar-refractivity contribution >= 4 is 17.0 Å². The van der Waals surface area contributed by atoms with Gasteiger partial charge in [0, 0.05) is 0 Å². The van der Waals surface area contributed by atoms with Crippen LogP contribution in [0.15, 0.2) is 12.7 Å². The number of rotatable bonds is 1. The first kappa shape index (κ1) is 11.3. The monoisotopic (exact) mass is 251 g/mol. The minimum Gasteiger partial charge on any atom is -0.388 e. The van der Waals surface area contributed by atoms with E-state index >= 15 is 0 Å². The van der Waals surface area contributed by atoms with Gasteiger partial charge in [0.15, 0.2) is 17.7 Å². The van der Waals surface area contributed by atoms with Gasteiger partial charge >= 0.3 is 0 Å². The maximum atomic E-state index is 9.93. The van der Waals surface area contributed by atoms with Crippen molar-refractivity contribution in [2.75, 3.05) is 5.73 Å². The van der Waals surface area contributed by atoms with Gasteiger partial charge in [-0.25, -0.2) is 15.0 Å². The van der Waals surface area contributed by atoms with Gasteiger partial charge in [-0.1, -0.05) is 0 Å². The first-order chi connectivity index (χ1) is 8.59. The van der Waals surface area contributed by atoms with Crippen LogP contribution in [0.3, 0.4) is 0 Å². The molecule has 2 aromatic heterocycles. The number of anilines is 1. The van der Waals surface area contributed by atoms with Crippen molar-refractivity contribution in [2.45, 2.75) is 31.5 Å². The Morgan fingerprint density at radius 1 is 1.28 bits per heavy atom. The summed E-state index contributed by atoms with van der Waals surface area (Å²) in [6, 6.07) is 0. The lowest BCUT2D eigenvalue weighted by atomic mass is 10.1. The Balaban J connectivity index is 2.08. The fourth-order valence-corrected chi connectivity index (χ4v) is 2.11. The summed E-state index contributed by atoms with van der Waals surface area (Å²) in [4.78, 5) is 12.0. The molecule has 0 aliphatic carbocycles. The van der Waals surface area contributed by atoms with Crippen LogP contribution in [-0.2, 0) is 4.74 Å². The molecule has 8 nitrogen and oxygen atoms in total. The lowest BCUT2D eigenvalue weighted by Gasteiger charge is -2.16. The second kappa shape index (κ2) is 3.87. The third-order valence-electron chi connectivity index (χ3n) is 3.14. The highest BCUT2D eigenvalue weighted by Crippen LogP contribution is 2.31. The zero-order valence-electron chi connectivity index (χ0n) is 9.63. The predicted octanol–water partition coefficient (Wildman–Crippen LogP) is -0.952. The second-order valence-corrected chi connectivity index (χ2v) is 4.30. The second-order valence-electron chi connectivity index (χ2n) is 4.30. The third-order valence-corrected chi connectivity index (χ3v) is 3.14. The van der Waals surface area contributed by atoms with Gasteiger partial charge in [0.1, 0.15) is 24.1 Å². The van der Waals surface area contributed by atoms with Crippen molar-refractivity contribution in [3.05, 3.63) is 12.7 Å². The molecule has 1 aliphatic heterocycles. The summed E-state index contributed by atoms with van der Waals surface area (Å²) >= 11 is 0. The molecule has 0 amide bonds. The smallest absolute Gasteiger partial charge is 0.167 e. The normalized spacial score (nSPS) is 32.2. The zero-order chi connectivity index (χ0) is 12.9. The Bertz CT molecular complexity index is 586. The summed E-state index contributed by atoms with van der Waals surface area (Å²) in [5.74, 6) is 0.264. The van der Waals surface area contributed by atoms with Gasteiger partial charge in [0.05, 0.1) is 12.4 Å². The van der Waals surface area contributed by atoms with Crippen LogP contribution >= 0.6 is 0 Å². The number of nitrogens with two attached hydrogens (primary N) is 1. The van der Waals surface area contributed by atoms with Crippen LogP contribution in [0.25, 0.3) is 11.2 Å². The van der Waals surface area contributed by atoms with E-state index in [2.05, 4.69) is 15.0 Å². The number of hydrogen-bond acceptors (Lipinski definition) is 7. The summed E-state index contributed by atoms with van der Waals surface area (Å²) in [5, 5.41) is 19.6. The molecule has 0 aromatic carbocycles. The van der Waals surface area contributed by atoms with Gasteiger partial charge in [-0.15, -0.1) is 0 Å². The van der Waals surface area contributed by atoms with Crippen LogP contribution in [0.4, 0.5) is 5.82 Å². The highest BCUT2D eigenvalue weighted by atomic mass is 16.6. The first-order valence-electron chi connectivity index (χ1n) is 5.54. The number of fused-ring (bicyclic) bond motifs is 1. The molecular formula is C10H13N5O3. The van der Waals surface area contributed by atoms with Crippen molar-refractivity contribution in [1.29, 1.82) is 0 Å². The number of nitrogens with zero attached hydrogens (tertiary/aromatic N) is 4. The third kappa shape index (κ3) is 1.47. The number of aliphatic hydroxyl groups excluding tert-OH is 2. The molecule has 18 heavy (non-hydrogen) atoms. The molecule has 3 rings (SSSR count). The number of aliphatic hydroxyl groups is 2. The Kier molecular flexibility index (Phi) is 2.44. The van der Waals surface area contributed by atoms with Crippen LogP contribution in [0, 0.1) is 0 Å². The Hall–Kier alpha value is -1.77. The zero-order valence-corrected chi connectivity index (χ0v) is 9.63. The molecule has 2 aromatic rings. The molecule has 4 N–H and O–H groups in total. The molecule has 0 radical (unpaired) electrons. The molecule has 3 heterocycles. The molecule has 0 saturated carbocycles. The number of ether oxygens (including phenoxy) is 1. The van der Waals surface area contributed by atoms with Crippen molar-refractivity contribution in [3.63, 3.8) is 0 Å². The predicted molar refractivity (Wildman–Crippen MR) is 61.3 cm³/mol. The molecule has 8 heteroatoms. The number of aromatic nitrogens is 4. The highest BCUT2D eigenvalue weighted by Gasteiger charge is 2.41. The maximum Gasteiger partial charge on any atom is 0.167 e. The van der Waals surface area contributed by atoms with Gasteiger partial charge in [0.25, 0.3) is 0 Å². The van der Waals surface area contributed by atoms with Gasteiger partial charge in [-0.3, -0.25) is 4.57 Å². The van der Waals surface area contributed by atoms with Crippen LogP contribution in [0.5, 0.6) is 0 Å². The fraction of sp³-hybridized carbons (Fsp3) is 0.500. The number of nitrogen functional groups attached to an aromatic ring is 1. The van der Waals surface area contributed by atoms with E-state index in [0.717, 1.165) is 0 Å². The van der Waals surface area contributed by atoms with Gasteiger partial charge < -0.3 is 20.7 Å². The summed E-state index contributed by atoms with van der Waals surface area (Å²) in [5.41, 5.74) is 6.59. The van der Waals surface area contributed by atoms with E-state index in [1.807, 2.05) is 0 Å². The van der Waals surface area contributed by atoms with Crippen LogP contribution < -0.4 is 5.73 Å². The topological polar surface area (TPSA) is 119 Å². The maximum absolute atomic E-state index is 9.93. The van der Waals surface area contributed by atoms with Crippen molar-refractivity contribution in [1.82, 2.24) is 19.5 Å². The SMILES string of the molecule is C[C@H]1O[C@@H](n2cnc3c(N)ncnc32)[C@@H](O)[C@@H]1O. The van der Waals surface area contributed by atoms with E-state index in [1.54, 1.807) is 11.5 Å². The van der Waals surface area contributed by atoms with E-state index in [-0.39, 0.29) is 5.82 Å². The Labute approximate surface area is 102 Å². The van der Waals surface area contributed by atoms with Crippen molar-refractivity contribution in [2.24, 2.45) is 0 Å². The lowest BCUT2D eigenvalue weighted by molar-refractivity contribution is -0.0299. The van der Waals surface area contributed by atoms with E-state index in [9.17, 15) is 10.2 Å². The molecule has 4 atom stereocenters. The molecule has 96 valence electrons. The van der Waals surface area contributed by atoms with Crippen LogP contribution in [-0.4, -0.2) is 48.0 Å². The Morgan fingerprint density at radius 3 is 2.72 bits per heavy atom. The average Bonchev–Trinajstić information content (AvgIpc) is 2.88. The van der Waals surface area contributed by atoms with E-state index < -0.39 is 24.5 Å². The molecule has 1 fully saturated rings. The number of imidazole rings is 1. The summed E-state index contributed by atoms with van der Waals surface area (Å²) in [6.45, 7) is 1.69. The van der Waals surface area contributed by atoms with Crippen LogP contribution in [0.1, 0.15) is 13.2 Å².